The fourth-order valence-electron chi connectivity index (χ4n) is 3.21. The van der Waals surface area contributed by atoms with Gasteiger partial charge in [0.05, 0.1) is 0 Å². The first-order valence-electron chi connectivity index (χ1n) is 7.32. The molecule has 21 heavy (non-hydrogen) atoms. The van der Waals surface area contributed by atoms with E-state index in [-0.39, 0.29) is 6.04 Å². The number of hydrogen-bond donors (Lipinski definition) is 1. The average molecular weight is 299 g/mol. The molecule has 5 nitrogen and oxygen atoms in total. The van der Waals surface area contributed by atoms with E-state index in [0.717, 1.165) is 13.1 Å². The molecule has 0 bridgehead atoms. The lowest BCUT2D eigenvalue weighted by molar-refractivity contribution is 0.261. The maximum absolute atomic E-state index is 4.31. The number of nitrogens with one attached hydrogen (secondary N) is 1. The van der Waals surface area contributed by atoms with Crippen LogP contribution in [-0.2, 0) is 0 Å². The normalized spacial score (nSPS) is 20.7. The van der Waals surface area contributed by atoms with Gasteiger partial charge in [0.2, 0.25) is 0 Å². The molecule has 1 aliphatic heterocycles. The molecule has 6 heteroatoms. The van der Waals surface area contributed by atoms with Crippen LogP contribution in [0.5, 0.6) is 0 Å². The fourth-order valence-corrected chi connectivity index (χ4v) is 3.98. The average Bonchev–Trinajstić information content (AvgIpc) is 3.19. The highest BCUT2D eigenvalue weighted by molar-refractivity contribution is 7.17. The Morgan fingerprint density at radius 1 is 1.33 bits per heavy atom. The molecule has 3 heterocycles. The van der Waals surface area contributed by atoms with Gasteiger partial charge in [-0.1, -0.05) is 6.07 Å². The van der Waals surface area contributed by atoms with E-state index in [1.54, 1.807) is 16.1 Å². The van der Waals surface area contributed by atoms with Gasteiger partial charge in [-0.05, 0) is 65.0 Å². The molecule has 4 rings (SSSR count). The monoisotopic (exact) mass is 299 g/mol. The van der Waals surface area contributed by atoms with Crippen molar-refractivity contribution < 1.29 is 0 Å². The predicted molar refractivity (Wildman–Crippen MR) is 83.4 cm³/mol. The molecule has 0 saturated carbocycles. The maximum atomic E-state index is 4.31. The van der Waals surface area contributed by atoms with Crippen LogP contribution in [0.1, 0.15) is 24.4 Å². The summed E-state index contributed by atoms with van der Waals surface area (Å²) in [5.74, 6) is 0.504. The number of rotatable bonds is 3. The number of fused-ring (bicyclic) bond motifs is 1. The third-order valence-electron chi connectivity index (χ3n) is 4.21. The smallest absolute Gasteiger partial charge is 0.162 e. The van der Waals surface area contributed by atoms with Crippen LogP contribution in [0.25, 0.3) is 10.1 Å². The molecule has 1 fully saturated rings. The molecule has 0 radical (unpaired) electrons. The van der Waals surface area contributed by atoms with Crippen molar-refractivity contribution in [2.45, 2.75) is 18.9 Å². The van der Waals surface area contributed by atoms with Crippen molar-refractivity contribution in [3.8, 4) is 0 Å². The van der Waals surface area contributed by atoms with E-state index < -0.39 is 0 Å². The van der Waals surface area contributed by atoms with Crippen molar-refractivity contribution in [2.75, 3.05) is 13.1 Å². The molecular formula is C15H17N5S. The van der Waals surface area contributed by atoms with E-state index in [4.69, 9.17) is 0 Å². The van der Waals surface area contributed by atoms with Gasteiger partial charge in [-0.15, -0.1) is 21.5 Å². The molecule has 1 aromatic carbocycles. The Labute approximate surface area is 127 Å². The van der Waals surface area contributed by atoms with E-state index in [2.05, 4.69) is 50.4 Å². The van der Waals surface area contributed by atoms with Gasteiger partial charge in [0.15, 0.2) is 6.33 Å². The highest BCUT2D eigenvalue weighted by atomic mass is 32.1. The summed E-state index contributed by atoms with van der Waals surface area (Å²) in [4.78, 5) is 1.77. The van der Waals surface area contributed by atoms with Gasteiger partial charge in [-0.2, -0.15) is 4.80 Å². The first-order chi connectivity index (χ1) is 10.4. The second kappa shape index (κ2) is 5.54. The van der Waals surface area contributed by atoms with E-state index in [9.17, 15) is 0 Å². The summed E-state index contributed by atoms with van der Waals surface area (Å²) < 4.78 is 1.32. The van der Waals surface area contributed by atoms with E-state index in [1.165, 1.54) is 34.8 Å². The number of aromatic nitrogens is 4. The minimum Gasteiger partial charge on any atom is -0.316 e. The van der Waals surface area contributed by atoms with Crippen molar-refractivity contribution in [3.63, 3.8) is 0 Å². The second-order valence-electron chi connectivity index (χ2n) is 5.53. The Hall–Kier alpha value is -1.79. The minimum atomic E-state index is 0.157. The number of hydrogen-bond acceptors (Lipinski definition) is 5. The second-order valence-corrected chi connectivity index (χ2v) is 6.47. The van der Waals surface area contributed by atoms with E-state index in [0.29, 0.717) is 5.92 Å². The Kier molecular flexibility index (Phi) is 3.40. The third kappa shape index (κ3) is 2.45. The number of tetrazole rings is 1. The lowest BCUT2D eigenvalue weighted by Crippen LogP contribution is -2.36. The molecule has 0 aliphatic carbocycles. The summed E-state index contributed by atoms with van der Waals surface area (Å²) in [6, 6.07) is 9.02. The van der Waals surface area contributed by atoms with E-state index in [1.807, 2.05) is 0 Å². The molecule has 0 amide bonds. The van der Waals surface area contributed by atoms with Crippen LogP contribution >= 0.6 is 11.3 Å². The minimum absolute atomic E-state index is 0.157. The quantitative estimate of drug-likeness (QED) is 0.807. The lowest BCUT2D eigenvalue weighted by Gasteiger charge is -2.30. The number of nitrogens with zero attached hydrogens (tertiary/aromatic N) is 4. The standard InChI is InChI=1S/C15H17N5S/c1-2-13(9-16-6-1)15(20-18-10-17-19-20)12-3-4-14-11(8-12)5-7-21-14/h3-5,7-8,10,13,15-16H,1-2,6,9H2/t13-,15+/m0/s1. The summed E-state index contributed by atoms with van der Waals surface area (Å²) in [6.07, 6.45) is 3.92. The molecule has 1 saturated heterocycles. The fraction of sp³-hybridized carbons (Fsp3) is 0.400. The van der Waals surface area contributed by atoms with Crippen molar-refractivity contribution in [2.24, 2.45) is 5.92 Å². The SMILES string of the molecule is c1nnn([C@H](c2ccc3sccc3c2)[C@H]2CCCNC2)n1. The Morgan fingerprint density at radius 2 is 2.33 bits per heavy atom. The summed E-state index contributed by atoms with van der Waals surface area (Å²) >= 11 is 1.78. The highest BCUT2D eigenvalue weighted by Gasteiger charge is 2.28. The zero-order valence-electron chi connectivity index (χ0n) is 11.6. The first kappa shape index (κ1) is 12.9. The van der Waals surface area contributed by atoms with Gasteiger partial charge in [-0.25, -0.2) is 0 Å². The zero-order valence-corrected chi connectivity index (χ0v) is 12.5. The largest absolute Gasteiger partial charge is 0.316 e. The Morgan fingerprint density at radius 3 is 3.14 bits per heavy atom. The molecule has 1 aliphatic rings. The lowest BCUT2D eigenvalue weighted by atomic mass is 9.87. The molecule has 108 valence electrons. The van der Waals surface area contributed by atoms with Crippen LogP contribution in [0.15, 0.2) is 36.0 Å². The van der Waals surface area contributed by atoms with Gasteiger partial charge in [0.25, 0.3) is 0 Å². The van der Waals surface area contributed by atoms with Gasteiger partial charge in [0, 0.05) is 11.2 Å². The molecular weight excluding hydrogens is 282 g/mol. The van der Waals surface area contributed by atoms with Crippen LogP contribution in [0, 0.1) is 5.92 Å². The van der Waals surface area contributed by atoms with Gasteiger partial charge in [0.1, 0.15) is 6.04 Å². The summed E-state index contributed by atoms with van der Waals surface area (Å²) in [5, 5.41) is 19.3. The summed E-state index contributed by atoms with van der Waals surface area (Å²) in [6.45, 7) is 2.12. The maximum Gasteiger partial charge on any atom is 0.162 e. The number of benzene rings is 1. The van der Waals surface area contributed by atoms with Gasteiger partial charge in [-0.3, -0.25) is 0 Å². The van der Waals surface area contributed by atoms with Crippen molar-refractivity contribution in [1.29, 1.82) is 0 Å². The summed E-state index contributed by atoms with van der Waals surface area (Å²) in [5.41, 5.74) is 1.27. The predicted octanol–water partition coefficient (Wildman–Crippen LogP) is 2.48. The number of thiophene rings is 1. The van der Waals surface area contributed by atoms with Crippen LogP contribution in [0.3, 0.4) is 0 Å². The van der Waals surface area contributed by atoms with Gasteiger partial charge >= 0.3 is 0 Å². The molecule has 2 aromatic heterocycles. The molecule has 1 N–H and O–H groups in total. The molecule has 0 spiro atoms. The third-order valence-corrected chi connectivity index (χ3v) is 5.11. The Balaban J connectivity index is 1.77. The topological polar surface area (TPSA) is 55.6 Å². The van der Waals surface area contributed by atoms with Gasteiger partial charge < -0.3 is 5.32 Å². The first-order valence-corrected chi connectivity index (χ1v) is 8.20. The van der Waals surface area contributed by atoms with Crippen molar-refractivity contribution in [1.82, 2.24) is 25.5 Å². The molecule has 0 unspecified atom stereocenters. The zero-order chi connectivity index (χ0) is 14.1. The van der Waals surface area contributed by atoms with Crippen LogP contribution in [0.4, 0.5) is 0 Å². The van der Waals surface area contributed by atoms with Crippen molar-refractivity contribution in [3.05, 3.63) is 41.5 Å². The molecule has 3 aromatic rings. The Bertz CT molecular complexity index is 715. The van der Waals surface area contributed by atoms with Crippen LogP contribution in [-0.4, -0.2) is 33.3 Å². The summed E-state index contributed by atoms with van der Waals surface area (Å²) in [7, 11) is 0. The number of piperidine rings is 1. The van der Waals surface area contributed by atoms with Crippen LogP contribution < -0.4 is 5.32 Å². The highest BCUT2D eigenvalue weighted by Crippen LogP contribution is 2.32. The van der Waals surface area contributed by atoms with E-state index >= 15 is 0 Å². The van der Waals surface area contributed by atoms with Crippen LogP contribution in [0.2, 0.25) is 0 Å². The molecule has 2 atom stereocenters. The van der Waals surface area contributed by atoms with Crippen molar-refractivity contribution >= 4 is 21.4 Å².